The summed E-state index contributed by atoms with van der Waals surface area (Å²) in [5.74, 6) is 1.80. The molecule has 33 heavy (non-hydrogen) atoms. The van der Waals surface area contributed by atoms with Gasteiger partial charge in [-0.15, -0.1) is 0 Å². The van der Waals surface area contributed by atoms with Gasteiger partial charge in [-0.05, 0) is 47.2 Å². The van der Waals surface area contributed by atoms with Crippen molar-refractivity contribution in [3.05, 3.63) is 89.5 Å². The van der Waals surface area contributed by atoms with E-state index in [-0.39, 0.29) is 18.5 Å². The van der Waals surface area contributed by atoms with Crippen molar-refractivity contribution in [2.45, 2.75) is 32.7 Å². The second-order valence-electron chi connectivity index (χ2n) is 8.73. The largest absolute Gasteiger partial charge is 0.490 e. The number of benzene rings is 3. The van der Waals surface area contributed by atoms with Crippen LogP contribution in [0, 0.1) is 5.92 Å². The van der Waals surface area contributed by atoms with Crippen molar-refractivity contribution in [1.82, 2.24) is 5.32 Å². The number of fused-ring (bicyclic) bond motifs is 1. The van der Waals surface area contributed by atoms with Crippen LogP contribution in [0.1, 0.15) is 43.0 Å². The fourth-order valence-electron chi connectivity index (χ4n) is 4.12. The molecule has 0 aromatic heterocycles. The van der Waals surface area contributed by atoms with Crippen LogP contribution in [0.4, 0.5) is 5.69 Å². The Morgan fingerprint density at radius 2 is 1.64 bits per heavy atom. The summed E-state index contributed by atoms with van der Waals surface area (Å²) in [6.07, 6.45) is 1.65. The van der Waals surface area contributed by atoms with E-state index in [9.17, 15) is 4.79 Å². The minimum Gasteiger partial charge on any atom is -0.490 e. The highest BCUT2D eigenvalue weighted by Gasteiger charge is 2.20. The highest BCUT2D eigenvalue weighted by Crippen LogP contribution is 2.34. The maximum Gasteiger partial charge on any atom is 0.238 e. The number of anilines is 1. The lowest BCUT2D eigenvalue weighted by atomic mass is 9.95. The van der Waals surface area contributed by atoms with Crippen LogP contribution >= 0.6 is 0 Å². The Hall–Kier alpha value is -3.31. The number of ether oxygens (including phenoxy) is 2. The molecule has 1 aliphatic heterocycles. The van der Waals surface area contributed by atoms with E-state index < -0.39 is 0 Å². The van der Waals surface area contributed by atoms with E-state index in [4.69, 9.17) is 9.47 Å². The smallest absolute Gasteiger partial charge is 0.238 e. The molecule has 2 N–H and O–H groups in total. The number of amides is 1. The van der Waals surface area contributed by atoms with Gasteiger partial charge in [0.25, 0.3) is 0 Å². The molecule has 1 heterocycles. The molecule has 3 aromatic carbocycles. The number of carbonyl (C=O) groups is 1. The molecule has 1 atom stereocenters. The molecular formula is C28H32N2O3. The molecule has 1 amide bonds. The summed E-state index contributed by atoms with van der Waals surface area (Å²) < 4.78 is 11.6. The van der Waals surface area contributed by atoms with Gasteiger partial charge in [0.05, 0.1) is 19.8 Å². The number of hydrogen-bond donors (Lipinski definition) is 2. The van der Waals surface area contributed by atoms with Crippen LogP contribution in [0.5, 0.6) is 11.5 Å². The average Bonchev–Trinajstić information content (AvgIpc) is 3.06. The summed E-state index contributed by atoms with van der Waals surface area (Å²) >= 11 is 0. The zero-order valence-electron chi connectivity index (χ0n) is 19.3. The molecule has 3 aromatic rings. The standard InChI is InChI=1S/C28H32N2O3/c1-20(2)28(23-13-14-25-26(18-23)33-16-8-15-32-25)29-19-27(31)30-24-12-7-6-11-22(24)17-21-9-4-3-5-10-21/h3-7,9-14,18,20,28-29H,8,15-17,19H2,1-2H3,(H,30,31)/t28-/m1/s1. The molecular weight excluding hydrogens is 412 g/mol. The van der Waals surface area contributed by atoms with Gasteiger partial charge >= 0.3 is 0 Å². The number of carbonyl (C=O) groups excluding carboxylic acids is 1. The monoisotopic (exact) mass is 444 g/mol. The first kappa shape index (κ1) is 22.9. The molecule has 5 heteroatoms. The van der Waals surface area contributed by atoms with Crippen LogP contribution in [-0.2, 0) is 11.2 Å². The summed E-state index contributed by atoms with van der Waals surface area (Å²) in [5, 5.41) is 6.53. The van der Waals surface area contributed by atoms with Crippen molar-refractivity contribution in [1.29, 1.82) is 0 Å². The van der Waals surface area contributed by atoms with Crippen molar-refractivity contribution < 1.29 is 14.3 Å². The number of para-hydroxylation sites is 1. The zero-order valence-corrected chi connectivity index (χ0v) is 19.3. The fourth-order valence-corrected chi connectivity index (χ4v) is 4.12. The molecule has 0 unspecified atom stereocenters. The van der Waals surface area contributed by atoms with Crippen LogP contribution < -0.4 is 20.1 Å². The quantitative estimate of drug-likeness (QED) is 0.491. The second kappa shape index (κ2) is 11.0. The van der Waals surface area contributed by atoms with Crippen molar-refractivity contribution in [2.75, 3.05) is 25.1 Å². The van der Waals surface area contributed by atoms with E-state index in [1.54, 1.807) is 0 Å². The Kier molecular flexibility index (Phi) is 7.63. The van der Waals surface area contributed by atoms with E-state index in [0.29, 0.717) is 19.1 Å². The van der Waals surface area contributed by atoms with Crippen LogP contribution in [0.3, 0.4) is 0 Å². The Bertz CT molecular complexity index is 1070. The third-order valence-corrected chi connectivity index (χ3v) is 5.81. The zero-order chi connectivity index (χ0) is 23.0. The molecule has 0 aliphatic carbocycles. The van der Waals surface area contributed by atoms with E-state index >= 15 is 0 Å². The summed E-state index contributed by atoms with van der Waals surface area (Å²) in [6, 6.07) is 24.3. The van der Waals surface area contributed by atoms with Crippen LogP contribution in [0.2, 0.25) is 0 Å². The SMILES string of the molecule is CC(C)[C@@H](NCC(=O)Nc1ccccc1Cc1ccccc1)c1ccc2c(c1)OCCCO2. The predicted octanol–water partition coefficient (Wildman–Crippen LogP) is 5.36. The van der Waals surface area contributed by atoms with Crippen LogP contribution in [-0.4, -0.2) is 25.7 Å². The van der Waals surface area contributed by atoms with Crippen LogP contribution in [0.25, 0.3) is 0 Å². The van der Waals surface area contributed by atoms with E-state index in [1.165, 1.54) is 5.56 Å². The van der Waals surface area contributed by atoms with Gasteiger partial charge in [-0.25, -0.2) is 0 Å². The van der Waals surface area contributed by atoms with Gasteiger partial charge in [-0.1, -0.05) is 68.4 Å². The Morgan fingerprint density at radius 3 is 2.42 bits per heavy atom. The fraction of sp³-hybridized carbons (Fsp3) is 0.321. The lowest BCUT2D eigenvalue weighted by Gasteiger charge is -2.24. The van der Waals surface area contributed by atoms with Gasteiger partial charge in [0, 0.05) is 18.2 Å². The topological polar surface area (TPSA) is 59.6 Å². The minimum absolute atomic E-state index is 0.0208. The van der Waals surface area contributed by atoms with Crippen molar-refractivity contribution in [3.8, 4) is 11.5 Å². The normalized spacial score (nSPS) is 13.9. The minimum atomic E-state index is -0.0597. The van der Waals surface area contributed by atoms with Crippen LogP contribution in [0.15, 0.2) is 72.8 Å². The third-order valence-electron chi connectivity index (χ3n) is 5.81. The molecule has 0 bridgehead atoms. The molecule has 0 saturated carbocycles. The number of hydrogen-bond acceptors (Lipinski definition) is 4. The van der Waals surface area contributed by atoms with Gasteiger partial charge in [0.15, 0.2) is 11.5 Å². The average molecular weight is 445 g/mol. The first-order chi connectivity index (χ1) is 16.1. The van der Waals surface area contributed by atoms with Gasteiger partial charge in [0.1, 0.15) is 0 Å². The van der Waals surface area contributed by atoms with Gasteiger partial charge < -0.3 is 20.1 Å². The predicted molar refractivity (Wildman–Crippen MR) is 132 cm³/mol. The Balaban J connectivity index is 1.41. The lowest BCUT2D eigenvalue weighted by molar-refractivity contribution is -0.115. The summed E-state index contributed by atoms with van der Waals surface area (Å²) in [5.41, 5.74) is 4.25. The Labute approximate surface area is 196 Å². The van der Waals surface area contributed by atoms with Gasteiger partial charge in [0.2, 0.25) is 5.91 Å². The second-order valence-corrected chi connectivity index (χ2v) is 8.73. The molecule has 0 saturated heterocycles. The maximum atomic E-state index is 12.8. The van der Waals surface area contributed by atoms with Gasteiger partial charge in [-0.3, -0.25) is 4.79 Å². The van der Waals surface area contributed by atoms with E-state index in [1.807, 2.05) is 48.5 Å². The van der Waals surface area contributed by atoms with Crippen molar-refractivity contribution in [2.24, 2.45) is 5.92 Å². The van der Waals surface area contributed by atoms with Crippen molar-refractivity contribution in [3.63, 3.8) is 0 Å². The molecule has 0 spiro atoms. The summed E-state index contributed by atoms with van der Waals surface area (Å²) in [6.45, 7) is 5.84. The van der Waals surface area contributed by atoms with Crippen molar-refractivity contribution >= 4 is 11.6 Å². The molecule has 4 rings (SSSR count). The van der Waals surface area contributed by atoms with E-state index in [2.05, 4.69) is 48.7 Å². The molecule has 1 aliphatic rings. The molecule has 0 fully saturated rings. The highest BCUT2D eigenvalue weighted by molar-refractivity contribution is 5.93. The molecule has 0 radical (unpaired) electrons. The maximum absolute atomic E-state index is 12.8. The first-order valence-electron chi connectivity index (χ1n) is 11.6. The highest BCUT2D eigenvalue weighted by atomic mass is 16.5. The summed E-state index contributed by atoms with van der Waals surface area (Å²) in [4.78, 5) is 12.8. The molecule has 172 valence electrons. The first-order valence-corrected chi connectivity index (χ1v) is 11.6. The number of nitrogens with one attached hydrogen (secondary N) is 2. The Morgan fingerprint density at radius 1 is 0.909 bits per heavy atom. The lowest BCUT2D eigenvalue weighted by Crippen LogP contribution is -2.33. The van der Waals surface area contributed by atoms with Gasteiger partial charge in [-0.2, -0.15) is 0 Å². The summed E-state index contributed by atoms with van der Waals surface area (Å²) in [7, 11) is 0. The van der Waals surface area contributed by atoms with E-state index in [0.717, 1.165) is 41.2 Å². The third kappa shape index (κ3) is 6.14. The molecule has 5 nitrogen and oxygen atoms in total. The number of rotatable bonds is 8.